The number of hydrogen-bond acceptors (Lipinski definition) is 6. The number of aryl methyl sites for hydroxylation is 1. The van der Waals surface area contributed by atoms with Crippen LogP contribution in [0.4, 0.5) is 0 Å². The maximum absolute atomic E-state index is 10.6. The number of nitrogens with one attached hydrogen (secondary N) is 1. The van der Waals surface area contributed by atoms with Crippen molar-refractivity contribution in [1.82, 2.24) is 29.8 Å². The summed E-state index contributed by atoms with van der Waals surface area (Å²) in [5, 5.41) is 14.7. The number of H-pyrrole nitrogens is 1. The van der Waals surface area contributed by atoms with E-state index in [-0.39, 0.29) is 6.54 Å². The first-order valence-corrected chi connectivity index (χ1v) is 7.37. The minimum atomic E-state index is 0.0231. The van der Waals surface area contributed by atoms with E-state index in [1.165, 1.54) is 0 Å². The van der Waals surface area contributed by atoms with Gasteiger partial charge in [0.1, 0.15) is 12.2 Å². The van der Waals surface area contributed by atoms with Gasteiger partial charge in [0, 0.05) is 17.5 Å². The average Bonchev–Trinajstić information content (AvgIpc) is 3.22. The van der Waals surface area contributed by atoms with Crippen LogP contribution in [-0.2, 0) is 6.54 Å². The Hall–Kier alpha value is -3.42. The number of hydrogen-bond donors (Lipinski definition) is 1. The van der Waals surface area contributed by atoms with Gasteiger partial charge < -0.3 is 0 Å². The summed E-state index contributed by atoms with van der Waals surface area (Å²) in [6.07, 6.45) is 3.38. The molecule has 0 amide bonds. The molecule has 0 aliphatic heterocycles. The number of rotatable bonds is 4. The fourth-order valence-electron chi connectivity index (χ4n) is 2.59. The smallest absolute Gasteiger partial charge is 0.153 e. The van der Waals surface area contributed by atoms with Gasteiger partial charge in [-0.3, -0.25) is 10.1 Å². The van der Waals surface area contributed by atoms with Crippen molar-refractivity contribution in [2.45, 2.75) is 13.5 Å². The fraction of sp³-hybridized carbons (Fsp3) is 0.125. The predicted molar refractivity (Wildman–Crippen MR) is 88.0 cm³/mol. The second-order valence-corrected chi connectivity index (χ2v) is 5.34. The number of nitroso groups, excluding NO2 is 1. The zero-order chi connectivity index (χ0) is 16.5. The molecule has 118 valence electrons. The van der Waals surface area contributed by atoms with Gasteiger partial charge in [-0.1, -0.05) is 11.2 Å². The Labute approximate surface area is 136 Å². The van der Waals surface area contributed by atoms with E-state index in [0.717, 1.165) is 22.6 Å². The molecule has 0 unspecified atom stereocenters. The van der Waals surface area contributed by atoms with E-state index in [1.54, 1.807) is 16.9 Å². The summed E-state index contributed by atoms with van der Waals surface area (Å²) >= 11 is 0. The molecule has 0 aliphatic carbocycles. The lowest BCUT2D eigenvalue weighted by molar-refractivity contribution is 0.847. The average molecular weight is 319 g/mol. The Bertz CT molecular complexity index is 1030. The van der Waals surface area contributed by atoms with Gasteiger partial charge in [-0.25, -0.2) is 9.50 Å². The molecule has 0 bridgehead atoms. The van der Waals surface area contributed by atoms with Crippen molar-refractivity contribution in [2.24, 2.45) is 5.18 Å². The van der Waals surface area contributed by atoms with E-state index in [9.17, 15) is 4.91 Å². The Morgan fingerprint density at radius 2 is 2.12 bits per heavy atom. The van der Waals surface area contributed by atoms with E-state index >= 15 is 0 Å². The number of aromatic nitrogens is 6. The second kappa shape index (κ2) is 5.65. The van der Waals surface area contributed by atoms with Crippen molar-refractivity contribution in [1.29, 1.82) is 0 Å². The maximum atomic E-state index is 10.6. The van der Waals surface area contributed by atoms with Gasteiger partial charge in [-0.2, -0.15) is 15.1 Å². The lowest BCUT2D eigenvalue weighted by Crippen LogP contribution is -1.99. The highest BCUT2D eigenvalue weighted by Crippen LogP contribution is 2.28. The van der Waals surface area contributed by atoms with Crippen LogP contribution in [0.1, 0.15) is 11.4 Å². The topological polar surface area (TPSA) is 101 Å². The minimum Gasteiger partial charge on any atom is -0.284 e. The minimum absolute atomic E-state index is 0.0231. The molecular weight excluding hydrogens is 306 g/mol. The fourth-order valence-corrected chi connectivity index (χ4v) is 2.59. The first-order chi connectivity index (χ1) is 11.8. The molecule has 0 radical (unpaired) electrons. The molecule has 1 N–H and O–H groups in total. The molecule has 0 aromatic carbocycles. The van der Waals surface area contributed by atoms with Crippen LogP contribution in [0.15, 0.2) is 47.9 Å². The summed E-state index contributed by atoms with van der Waals surface area (Å²) in [5.74, 6) is 0. The summed E-state index contributed by atoms with van der Waals surface area (Å²) < 4.78 is 1.62. The summed E-state index contributed by atoms with van der Waals surface area (Å²) in [4.78, 5) is 19.3. The van der Waals surface area contributed by atoms with Crippen LogP contribution in [0, 0.1) is 11.8 Å². The third kappa shape index (κ3) is 2.34. The van der Waals surface area contributed by atoms with Crippen LogP contribution in [0.2, 0.25) is 0 Å². The molecule has 0 atom stereocenters. The zero-order valence-electron chi connectivity index (χ0n) is 12.8. The molecule has 8 nitrogen and oxygen atoms in total. The normalized spacial score (nSPS) is 11.0. The van der Waals surface area contributed by atoms with Gasteiger partial charge in [0.05, 0.1) is 23.3 Å². The van der Waals surface area contributed by atoms with Crippen LogP contribution in [0.5, 0.6) is 0 Å². The molecule has 0 aliphatic rings. The zero-order valence-corrected chi connectivity index (χ0v) is 12.8. The third-order valence-corrected chi connectivity index (χ3v) is 3.71. The SMILES string of the molecule is Cc1cccc(-c2n[nH]cc2-c2ccc3ncc(CN=O)n3n2)n1. The van der Waals surface area contributed by atoms with E-state index in [2.05, 4.69) is 30.4 Å². The standard InChI is InChI=1S/C16H13N7O/c1-10-3-2-4-14(20-10)16-12(9-18-21-16)13-5-6-15-17-7-11(8-19-24)23(15)22-13/h2-7,9H,8H2,1H3,(H,18,21). The molecule has 4 rings (SSSR count). The lowest BCUT2D eigenvalue weighted by Gasteiger charge is -2.04. The van der Waals surface area contributed by atoms with Crippen molar-refractivity contribution in [3.63, 3.8) is 0 Å². The molecule has 0 spiro atoms. The van der Waals surface area contributed by atoms with Gasteiger partial charge in [0.25, 0.3) is 0 Å². The molecule has 0 saturated heterocycles. The number of pyridine rings is 1. The molecule has 4 aromatic rings. The first-order valence-electron chi connectivity index (χ1n) is 7.37. The van der Waals surface area contributed by atoms with Gasteiger partial charge in [-0.15, -0.1) is 0 Å². The van der Waals surface area contributed by atoms with Gasteiger partial charge in [0.2, 0.25) is 0 Å². The Morgan fingerprint density at radius 1 is 1.21 bits per heavy atom. The molecule has 4 heterocycles. The quantitative estimate of drug-likeness (QED) is 0.583. The summed E-state index contributed by atoms with van der Waals surface area (Å²) in [6.45, 7) is 1.96. The van der Waals surface area contributed by atoms with Crippen LogP contribution in [0.25, 0.3) is 28.3 Å². The van der Waals surface area contributed by atoms with Crippen LogP contribution in [-0.4, -0.2) is 29.8 Å². The molecule has 0 saturated carbocycles. The van der Waals surface area contributed by atoms with E-state index in [4.69, 9.17) is 0 Å². The first kappa shape index (κ1) is 14.2. The monoisotopic (exact) mass is 319 g/mol. The third-order valence-electron chi connectivity index (χ3n) is 3.71. The van der Waals surface area contributed by atoms with Gasteiger partial charge >= 0.3 is 0 Å². The molecule has 0 fully saturated rings. The lowest BCUT2D eigenvalue weighted by atomic mass is 10.1. The summed E-state index contributed by atoms with van der Waals surface area (Å²) in [5.41, 5.74) is 5.25. The Balaban J connectivity index is 1.85. The van der Waals surface area contributed by atoms with E-state index in [0.29, 0.717) is 17.0 Å². The van der Waals surface area contributed by atoms with Crippen molar-refractivity contribution < 1.29 is 0 Å². The Morgan fingerprint density at radius 3 is 2.96 bits per heavy atom. The molecule has 4 aromatic heterocycles. The second-order valence-electron chi connectivity index (χ2n) is 5.34. The highest BCUT2D eigenvalue weighted by atomic mass is 16.3. The van der Waals surface area contributed by atoms with Crippen LogP contribution in [0.3, 0.4) is 0 Å². The molecular formula is C16H13N7O. The molecule has 24 heavy (non-hydrogen) atoms. The van der Waals surface area contributed by atoms with Crippen LogP contribution >= 0.6 is 0 Å². The molecule has 8 heteroatoms. The highest BCUT2D eigenvalue weighted by Gasteiger charge is 2.14. The predicted octanol–water partition coefficient (Wildman–Crippen LogP) is 2.76. The van der Waals surface area contributed by atoms with Crippen molar-refractivity contribution in [3.8, 4) is 22.6 Å². The number of nitrogens with zero attached hydrogens (tertiary/aromatic N) is 6. The van der Waals surface area contributed by atoms with Crippen molar-refractivity contribution >= 4 is 5.65 Å². The van der Waals surface area contributed by atoms with E-state index < -0.39 is 0 Å². The number of aromatic amines is 1. The summed E-state index contributed by atoms with van der Waals surface area (Å²) in [6, 6.07) is 9.49. The number of imidazole rings is 1. The Kier molecular flexibility index (Phi) is 3.34. The largest absolute Gasteiger partial charge is 0.284 e. The van der Waals surface area contributed by atoms with Crippen LogP contribution < -0.4 is 0 Å². The van der Waals surface area contributed by atoms with Crippen molar-refractivity contribution in [2.75, 3.05) is 0 Å². The van der Waals surface area contributed by atoms with Crippen molar-refractivity contribution in [3.05, 3.63) is 59.0 Å². The van der Waals surface area contributed by atoms with E-state index in [1.807, 2.05) is 37.3 Å². The maximum Gasteiger partial charge on any atom is 0.153 e. The van der Waals surface area contributed by atoms with Gasteiger partial charge in [0.15, 0.2) is 5.65 Å². The van der Waals surface area contributed by atoms with Gasteiger partial charge in [-0.05, 0) is 31.2 Å². The number of fused-ring (bicyclic) bond motifs is 1. The summed E-state index contributed by atoms with van der Waals surface area (Å²) in [7, 11) is 0. The highest BCUT2D eigenvalue weighted by molar-refractivity contribution is 5.76.